The van der Waals surface area contributed by atoms with Crippen LogP contribution in [0.3, 0.4) is 0 Å². The number of carbonyl (C=O) groups is 1. The van der Waals surface area contributed by atoms with Crippen molar-refractivity contribution in [3.05, 3.63) is 80.8 Å². The number of likely N-dealkylation sites (N-methyl/N-ethyl adjacent to an activating group) is 1. The number of amidine groups is 1. The summed E-state index contributed by atoms with van der Waals surface area (Å²) in [7, 11) is 0. The Morgan fingerprint density at radius 1 is 1.17 bits per heavy atom. The van der Waals surface area contributed by atoms with E-state index in [2.05, 4.69) is 20.9 Å². The molecule has 7 heteroatoms. The Kier molecular flexibility index (Phi) is 5.94. The molecule has 0 N–H and O–H groups in total. The summed E-state index contributed by atoms with van der Waals surface area (Å²) in [6, 6.07) is 18.9. The maximum absolute atomic E-state index is 12.8. The van der Waals surface area contributed by atoms with Crippen LogP contribution in [0.25, 0.3) is 17.4 Å². The summed E-state index contributed by atoms with van der Waals surface area (Å²) < 4.78 is 6.73. The van der Waals surface area contributed by atoms with Crippen molar-refractivity contribution in [1.29, 1.82) is 0 Å². The number of aliphatic imine (C=N–C) groups is 1. The average molecular weight is 488 g/mol. The van der Waals surface area contributed by atoms with Crippen molar-refractivity contribution in [2.45, 2.75) is 6.92 Å². The smallest absolute Gasteiger partial charge is 0.266 e. The van der Waals surface area contributed by atoms with Crippen LogP contribution >= 0.6 is 39.3 Å². The summed E-state index contributed by atoms with van der Waals surface area (Å²) in [4.78, 5) is 19.7. The van der Waals surface area contributed by atoms with E-state index in [1.807, 2.05) is 67.6 Å². The normalized spacial score (nSPS) is 16.9. The summed E-state index contributed by atoms with van der Waals surface area (Å²) in [6.07, 6.45) is 1.76. The molecule has 2 heterocycles. The van der Waals surface area contributed by atoms with Crippen LogP contribution in [0.1, 0.15) is 12.7 Å². The Balaban J connectivity index is 1.61. The standard InChI is InChI=1S/C22H16BrClN2O2S/c1-2-26-21(27)20(29-22(26)25-15-6-4-3-5-7-15)13-16-9-11-19(28-16)14-8-10-18(24)17(23)12-14/h3-13H,2H2,1H3/b20-13+,25-22?. The molecule has 0 aliphatic carbocycles. The number of amides is 1. The van der Waals surface area contributed by atoms with Gasteiger partial charge in [0.1, 0.15) is 11.5 Å². The molecule has 4 rings (SSSR count). The fourth-order valence-corrected chi connectivity index (χ4v) is 4.39. The van der Waals surface area contributed by atoms with Crippen molar-refractivity contribution in [1.82, 2.24) is 4.90 Å². The van der Waals surface area contributed by atoms with E-state index in [0.717, 1.165) is 15.7 Å². The van der Waals surface area contributed by atoms with Gasteiger partial charge >= 0.3 is 0 Å². The van der Waals surface area contributed by atoms with Gasteiger partial charge in [0.25, 0.3) is 5.91 Å². The molecule has 0 radical (unpaired) electrons. The van der Waals surface area contributed by atoms with Crippen molar-refractivity contribution < 1.29 is 9.21 Å². The third-order valence-corrected chi connectivity index (χ3v) is 6.51. The molecular weight excluding hydrogens is 472 g/mol. The summed E-state index contributed by atoms with van der Waals surface area (Å²) in [5.74, 6) is 1.24. The SMILES string of the molecule is CCN1C(=O)/C(=C\c2ccc(-c3ccc(Cl)c(Br)c3)o2)SC1=Nc1ccccc1. The minimum atomic E-state index is -0.0700. The summed E-state index contributed by atoms with van der Waals surface area (Å²) in [6.45, 7) is 2.49. The number of hydrogen-bond acceptors (Lipinski definition) is 4. The fraction of sp³-hybridized carbons (Fsp3) is 0.0909. The Labute approximate surface area is 186 Å². The number of hydrogen-bond donors (Lipinski definition) is 0. The van der Waals surface area contributed by atoms with E-state index < -0.39 is 0 Å². The van der Waals surface area contributed by atoms with Crippen LogP contribution in [-0.4, -0.2) is 22.5 Å². The molecule has 2 aromatic carbocycles. The van der Waals surface area contributed by atoms with Crippen LogP contribution in [-0.2, 0) is 4.79 Å². The largest absolute Gasteiger partial charge is 0.457 e. The van der Waals surface area contributed by atoms with Crippen molar-refractivity contribution in [3.8, 4) is 11.3 Å². The Morgan fingerprint density at radius 3 is 2.69 bits per heavy atom. The van der Waals surface area contributed by atoms with E-state index in [9.17, 15) is 4.79 Å². The summed E-state index contributed by atoms with van der Waals surface area (Å²) in [5.41, 5.74) is 1.72. The van der Waals surface area contributed by atoms with Gasteiger partial charge in [-0.05, 0) is 77.1 Å². The molecule has 0 bridgehead atoms. The van der Waals surface area contributed by atoms with Crippen LogP contribution in [0.2, 0.25) is 5.02 Å². The third-order valence-electron chi connectivity index (χ3n) is 4.29. The van der Waals surface area contributed by atoms with E-state index in [1.165, 1.54) is 11.8 Å². The van der Waals surface area contributed by atoms with E-state index in [-0.39, 0.29) is 5.91 Å². The number of halogens is 2. The van der Waals surface area contributed by atoms with Crippen LogP contribution < -0.4 is 0 Å². The Hall–Kier alpha value is -2.28. The number of rotatable bonds is 4. The molecule has 1 aliphatic rings. The second-order valence-electron chi connectivity index (χ2n) is 6.22. The van der Waals surface area contributed by atoms with Crippen LogP contribution in [0.5, 0.6) is 0 Å². The number of thioether (sulfide) groups is 1. The first-order valence-corrected chi connectivity index (χ1v) is 10.9. The molecule has 4 nitrogen and oxygen atoms in total. The number of benzene rings is 2. The molecule has 0 spiro atoms. The predicted octanol–water partition coefficient (Wildman–Crippen LogP) is 6.99. The van der Waals surface area contributed by atoms with Gasteiger partial charge in [-0.2, -0.15) is 0 Å². The van der Waals surface area contributed by atoms with E-state index >= 15 is 0 Å². The Morgan fingerprint density at radius 2 is 1.97 bits per heavy atom. The number of nitrogens with zero attached hydrogens (tertiary/aromatic N) is 2. The highest BCUT2D eigenvalue weighted by molar-refractivity contribution is 9.10. The van der Waals surface area contributed by atoms with Gasteiger partial charge in [-0.15, -0.1) is 0 Å². The molecule has 3 aromatic rings. The zero-order valence-corrected chi connectivity index (χ0v) is 18.6. The molecule has 146 valence electrons. The first-order chi connectivity index (χ1) is 14.0. The molecule has 29 heavy (non-hydrogen) atoms. The molecule has 1 aliphatic heterocycles. The maximum atomic E-state index is 12.8. The van der Waals surface area contributed by atoms with E-state index in [0.29, 0.717) is 33.2 Å². The lowest BCUT2D eigenvalue weighted by atomic mass is 10.2. The molecule has 1 fully saturated rings. The van der Waals surface area contributed by atoms with E-state index in [4.69, 9.17) is 16.0 Å². The average Bonchev–Trinajstić information content (AvgIpc) is 3.30. The highest BCUT2D eigenvalue weighted by Gasteiger charge is 2.32. The summed E-state index contributed by atoms with van der Waals surface area (Å²) >= 11 is 10.8. The first-order valence-electron chi connectivity index (χ1n) is 8.95. The lowest BCUT2D eigenvalue weighted by Gasteiger charge is -2.11. The zero-order chi connectivity index (χ0) is 20.4. The van der Waals surface area contributed by atoms with Crippen molar-refractivity contribution in [2.75, 3.05) is 6.54 Å². The molecule has 0 atom stereocenters. The number of carbonyl (C=O) groups excluding carboxylic acids is 1. The predicted molar refractivity (Wildman–Crippen MR) is 123 cm³/mol. The minimum absolute atomic E-state index is 0.0700. The molecule has 0 unspecified atom stereocenters. The second kappa shape index (κ2) is 8.61. The van der Waals surface area contributed by atoms with Crippen LogP contribution in [0.4, 0.5) is 5.69 Å². The van der Waals surface area contributed by atoms with Gasteiger partial charge in [0, 0.05) is 22.7 Å². The minimum Gasteiger partial charge on any atom is -0.457 e. The lowest BCUT2D eigenvalue weighted by molar-refractivity contribution is -0.122. The van der Waals surface area contributed by atoms with Crippen LogP contribution in [0, 0.1) is 0 Å². The van der Waals surface area contributed by atoms with Gasteiger partial charge in [0.15, 0.2) is 5.17 Å². The molecule has 1 aromatic heterocycles. The third kappa shape index (κ3) is 4.34. The monoisotopic (exact) mass is 486 g/mol. The molecule has 1 saturated heterocycles. The Bertz CT molecular complexity index is 1120. The molecule has 0 saturated carbocycles. The quantitative estimate of drug-likeness (QED) is 0.373. The van der Waals surface area contributed by atoms with Crippen molar-refractivity contribution >= 4 is 62.1 Å². The van der Waals surface area contributed by atoms with Crippen LogP contribution in [0.15, 0.2) is 79.5 Å². The van der Waals surface area contributed by atoms with Gasteiger partial charge < -0.3 is 4.42 Å². The van der Waals surface area contributed by atoms with Gasteiger partial charge in [-0.25, -0.2) is 4.99 Å². The topological polar surface area (TPSA) is 45.8 Å². The fourth-order valence-electron chi connectivity index (χ4n) is 2.85. The van der Waals surface area contributed by atoms with E-state index in [1.54, 1.807) is 11.0 Å². The zero-order valence-electron chi connectivity index (χ0n) is 15.4. The molecular formula is C22H16BrClN2O2S. The van der Waals surface area contributed by atoms with Gasteiger partial charge in [0.05, 0.1) is 15.6 Å². The number of furan rings is 1. The highest BCUT2D eigenvalue weighted by Crippen LogP contribution is 2.35. The first kappa shape index (κ1) is 20.0. The van der Waals surface area contributed by atoms with Gasteiger partial charge in [-0.1, -0.05) is 29.8 Å². The van der Waals surface area contributed by atoms with Gasteiger partial charge in [0.2, 0.25) is 0 Å². The van der Waals surface area contributed by atoms with Crippen molar-refractivity contribution in [3.63, 3.8) is 0 Å². The molecule has 1 amide bonds. The second-order valence-corrected chi connectivity index (χ2v) is 8.49. The highest BCUT2D eigenvalue weighted by atomic mass is 79.9. The van der Waals surface area contributed by atoms with Gasteiger partial charge in [-0.3, -0.25) is 9.69 Å². The maximum Gasteiger partial charge on any atom is 0.266 e. The number of para-hydroxylation sites is 1. The van der Waals surface area contributed by atoms with Crippen molar-refractivity contribution in [2.24, 2.45) is 4.99 Å². The summed E-state index contributed by atoms with van der Waals surface area (Å²) in [5, 5.41) is 1.31. The lowest BCUT2D eigenvalue weighted by Crippen LogP contribution is -2.28.